The molecule has 0 aromatic rings. The van der Waals surface area contributed by atoms with Gasteiger partial charge in [0.1, 0.15) is 6.04 Å². The van der Waals surface area contributed by atoms with Gasteiger partial charge in [0, 0.05) is 24.1 Å². The molecule has 1 heterocycles. The molecule has 0 aromatic carbocycles. The van der Waals surface area contributed by atoms with E-state index in [2.05, 4.69) is 12.2 Å². The van der Waals surface area contributed by atoms with E-state index >= 15 is 0 Å². The van der Waals surface area contributed by atoms with Crippen LogP contribution in [-0.4, -0.2) is 52.1 Å². The monoisotopic (exact) mass is 272 g/mol. The maximum atomic E-state index is 12.1. The van der Waals surface area contributed by atoms with Crippen LogP contribution in [0.25, 0.3) is 0 Å². The number of rotatable bonds is 2. The first-order valence-electron chi connectivity index (χ1n) is 6.45. The first kappa shape index (κ1) is 13.5. The van der Waals surface area contributed by atoms with Crippen LogP contribution < -0.4 is 5.32 Å². The third-order valence-electron chi connectivity index (χ3n) is 3.70. The van der Waals surface area contributed by atoms with E-state index in [1.165, 1.54) is 4.90 Å². The summed E-state index contributed by atoms with van der Waals surface area (Å²) in [7, 11) is 0. The van der Waals surface area contributed by atoms with Crippen LogP contribution in [-0.2, 0) is 4.79 Å². The summed E-state index contributed by atoms with van der Waals surface area (Å²) in [6.45, 7) is 2.71. The largest absolute Gasteiger partial charge is 0.480 e. The molecule has 3 atom stereocenters. The summed E-state index contributed by atoms with van der Waals surface area (Å²) in [6.07, 6.45) is 3.16. The molecule has 18 heavy (non-hydrogen) atoms. The Balaban J connectivity index is 1.92. The molecule has 2 amide bonds. The second-order valence-corrected chi connectivity index (χ2v) is 6.34. The van der Waals surface area contributed by atoms with Gasteiger partial charge in [-0.15, -0.1) is 0 Å². The van der Waals surface area contributed by atoms with Crippen LogP contribution in [0.2, 0.25) is 0 Å². The van der Waals surface area contributed by atoms with Crippen molar-refractivity contribution in [2.75, 3.05) is 18.1 Å². The molecule has 1 saturated carbocycles. The molecule has 2 fully saturated rings. The Bertz CT molecular complexity index is 337. The molecule has 1 aliphatic carbocycles. The van der Waals surface area contributed by atoms with Crippen molar-refractivity contribution in [1.29, 1.82) is 0 Å². The smallest absolute Gasteiger partial charge is 0.327 e. The minimum absolute atomic E-state index is 0.207. The number of carboxylic acids is 1. The minimum atomic E-state index is -0.905. The summed E-state index contributed by atoms with van der Waals surface area (Å²) in [5.41, 5.74) is 0. The van der Waals surface area contributed by atoms with Crippen molar-refractivity contribution < 1.29 is 14.7 Å². The van der Waals surface area contributed by atoms with E-state index in [0.29, 0.717) is 18.2 Å². The van der Waals surface area contributed by atoms with Gasteiger partial charge in [0.05, 0.1) is 0 Å². The lowest BCUT2D eigenvalue weighted by Gasteiger charge is -2.33. The molecule has 0 spiro atoms. The highest BCUT2D eigenvalue weighted by Crippen LogP contribution is 2.25. The van der Waals surface area contributed by atoms with Gasteiger partial charge in [0.15, 0.2) is 0 Å². The zero-order valence-corrected chi connectivity index (χ0v) is 11.4. The maximum Gasteiger partial charge on any atom is 0.327 e. The van der Waals surface area contributed by atoms with Crippen LogP contribution >= 0.6 is 11.8 Å². The van der Waals surface area contributed by atoms with E-state index in [9.17, 15) is 9.59 Å². The highest BCUT2D eigenvalue weighted by Gasteiger charge is 2.34. The number of nitrogens with zero attached hydrogens (tertiary/aromatic N) is 1. The topological polar surface area (TPSA) is 69.6 Å². The molecule has 0 radical (unpaired) electrons. The highest BCUT2D eigenvalue weighted by atomic mass is 32.2. The van der Waals surface area contributed by atoms with Crippen LogP contribution in [0, 0.1) is 5.92 Å². The van der Waals surface area contributed by atoms with E-state index in [1.54, 1.807) is 11.8 Å². The van der Waals surface area contributed by atoms with Crippen molar-refractivity contribution in [1.82, 2.24) is 10.2 Å². The lowest BCUT2D eigenvalue weighted by molar-refractivity contribution is -0.141. The lowest BCUT2D eigenvalue weighted by atomic mass is 10.1. The third-order valence-corrected chi connectivity index (χ3v) is 4.72. The molecule has 2 aliphatic rings. The SMILES string of the molecule is CC1CCC(NC(=O)N2CCSCC2C(=O)O)C1. The summed E-state index contributed by atoms with van der Waals surface area (Å²) in [6, 6.07) is -0.666. The number of carboxylic acid groups (broad SMARTS) is 1. The Morgan fingerprint density at radius 3 is 2.78 bits per heavy atom. The van der Waals surface area contributed by atoms with E-state index in [1.807, 2.05) is 0 Å². The van der Waals surface area contributed by atoms with Crippen LogP contribution in [0.4, 0.5) is 4.79 Å². The van der Waals surface area contributed by atoms with Crippen LogP contribution in [0.3, 0.4) is 0 Å². The summed E-state index contributed by atoms with van der Waals surface area (Å²) < 4.78 is 0. The number of aliphatic carboxylic acids is 1. The molecule has 5 nitrogen and oxygen atoms in total. The van der Waals surface area contributed by atoms with Crippen molar-refractivity contribution in [3.8, 4) is 0 Å². The van der Waals surface area contributed by atoms with Crippen molar-refractivity contribution in [2.24, 2.45) is 5.92 Å². The van der Waals surface area contributed by atoms with Crippen LogP contribution in [0.15, 0.2) is 0 Å². The van der Waals surface area contributed by atoms with Gasteiger partial charge < -0.3 is 15.3 Å². The molecule has 2 rings (SSSR count). The minimum Gasteiger partial charge on any atom is -0.480 e. The number of hydrogen-bond donors (Lipinski definition) is 2. The predicted molar refractivity (Wildman–Crippen MR) is 70.8 cm³/mol. The average Bonchev–Trinajstić information content (AvgIpc) is 2.74. The first-order valence-corrected chi connectivity index (χ1v) is 7.61. The first-order chi connectivity index (χ1) is 8.58. The molecule has 102 valence electrons. The summed E-state index contributed by atoms with van der Waals surface area (Å²) in [5.74, 6) is 1.06. The molecule has 1 saturated heterocycles. The standard InChI is InChI=1S/C12H20N2O3S/c1-8-2-3-9(6-8)13-12(17)14-4-5-18-7-10(14)11(15)16/h8-10H,2-7H2,1H3,(H,13,17)(H,15,16). The van der Waals surface area contributed by atoms with E-state index in [0.717, 1.165) is 25.0 Å². The van der Waals surface area contributed by atoms with Gasteiger partial charge in [0.2, 0.25) is 0 Å². The number of carbonyl (C=O) groups is 2. The molecule has 1 aliphatic heterocycles. The molecule has 0 aromatic heterocycles. The fourth-order valence-corrected chi connectivity index (χ4v) is 3.69. The number of nitrogens with one attached hydrogen (secondary N) is 1. The van der Waals surface area contributed by atoms with Crippen molar-refractivity contribution in [2.45, 2.75) is 38.3 Å². The Morgan fingerprint density at radius 2 is 2.17 bits per heavy atom. The molecule has 3 unspecified atom stereocenters. The maximum absolute atomic E-state index is 12.1. The Hall–Kier alpha value is -0.910. The predicted octanol–water partition coefficient (Wildman–Crippen LogP) is 1.39. The molecule has 6 heteroatoms. The van der Waals surface area contributed by atoms with Gasteiger partial charge in [-0.2, -0.15) is 11.8 Å². The lowest BCUT2D eigenvalue weighted by Crippen LogP contribution is -2.55. The number of carbonyl (C=O) groups excluding carboxylic acids is 1. The van der Waals surface area contributed by atoms with Gasteiger partial charge >= 0.3 is 12.0 Å². The van der Waals surface area contributed by atoms with Gasteiger partial charge in [0.25, 0.3) is 0 Å². The van der Waals surface area contributed by atoms with E-state index in [4.69, 9.17) is 5.11 Å². The zero-order chi connectivity index (χ0) is 13.1. The Labute approximate surface area is 111 Å². The normalized spacial score (nSPS) is 32.3. The van der Waals surface area contributed by atoms with Gasteiger partial charge in [-0.25, -0.2) is 9.59 Å². The summed E-state index contributed by atoms with van der Waals surface area (Å²) >= 11 is 1.59. The zero-order valence-electron chi connectivity index (χ0n) is 10.6. The fourth-order valence-electron chi connectivity index (χ4n) is 2.65. The van der Waals surface area contributed by atoms with Crippen molar-refractivity contribution >= 4 is 23.8 Å². The number of urea groups is 1. The van der Waals surface area contributed by atoms with Crippen LogP contribution in [0.5, 0.6) is 0 Å². The Morgan fingerprint density at radius 1 is 1.39 bits per heavy atom. The quantitative estimate of drug-likeness (QED) is 0.797. The average molecular weight is 272 g/mol. The van der Waals surface area contributed by atoms with E-state index in [-0.39, 0.29) is 12.1 Å². The van der Waals surface area contributed by atoms with Gasteiger partial charge in [-0.05, 0) is 25.2 Å². The Kier molecular flexibility index (Phi) is 4.37. The second kappa shape index (κ2) is 5.82. The summed E-state index contributed by atoms with van der Waals surface area (Å²) in [4.78, 5) is 24.7. The highest BCUT2D eigenvalue weighted by molar-refractivity contribution is 7.99. The number of amides is 2. The van der Waals surface area contributed by atoms with Gasteiger partial charge in [-0.1, -0.05) is 6.92 Å². The summed E-state index contributed by atoms with van der Waals surface area (Å²) in [5, 5.41) is 12.1. The molecular formula is C12H20N2O3S. The van der Waals surface area contributed by atoms with Crippen LogP contribution in [0.1, 0.15) is 26.2 Å². The molecule has 2 N–H and O–H groups in total. The molecular weight excluding hydrogens is 252 g/mol. The molecule has 0 bridgehead atoms. The van der Waals surface area contributed by atoms with Crippen molar-refractivity contribution in [3.63, 3.8) is 0 Å². The number of thioether (sulfide) groups is 1. The van der Waals surface area contributed by atoms with Gasteiger partial charge in [-0.3, -0.25) is 0 Å². The second-order valence-electron chi connectivity index (χ2n) is 5.19. The number of hydrogen-bond acceptors (Lipinski definition) is 3. The van der Waals surface area contributed by atoms with Crippen molar-refractivity contribution in [3.05, 3.63) is 0 Å². The third kappa shape index (κ3) is 3.10. The fraction of sp³-hybridized carbons (Fsp3) is 0.833. The van der Waals surface area contributed by atoms with E-state index < -0.39 is 12.0 Å².